The van der Waals surface area contributed by atoms with E-state index >= 15 is 0 Å². The van der Waals surface area contributed by atoms with E-state index in [2.05, 4.69) is 10.6 Å². The lowest BCUT2D eigenvalue weighted by Crippen LogP contribution is -2.45. The van der Waals surface area contributed by atoms with Crippen molar-refractivity contribution in [1.29, 1.82) is 0 Å². The van der Waals surface area contributed by atoms with Gasteiger partial charge < -0.3 is 15.7 Å². The first-order valence-corrected chi connectivity index (χ1v) is 5.45. The van der Waals surface area contributed by atoms with Crippen LogP contribution in [0.25, 0.3) is 0 Å². The molecule has 17 heavy (non-hydrogen) atoms. The van der Waals surface area contributed by atoms with Crippen LogP contribution in [0.1, 0.15) is 12.5 Å². The average Bonchev–Trinajstić information content (AvgIpc) is 2.72. The molecule has 0 saturated heterocycles. The summed E-state index contributed by atoms with van der Waals surface area (Å²) in [7, 11) is 0. The maximum atomic E-state index is 11.8. The monoisotopic (exact) mass is 234 g/mol. The van der Waals surface area contributed by atoms with Crippen molar-refractivity contribution in [3.05, 3.63) is 29.8 Å². The van der Waals surface area contributed by atoms with Crippen LogP contribution in [-0.4, -0.2) is 29.1 Å². The van der Waals surface area contributed by atoms with Crippen molar-refractivity contribution in [3.8, 4) is 0 Å². The SMILES string of the molecule is C[C@@H](NC(=O)[C@@H]1Cc2ccccc2N1)C(=O)O. The third-order valence-electron chi connectivity index (χ3n) is 2.82. The summed E-state index contributed by atoms with van der Waals surface area (Å²) in [5.41, 5.74) is 2.02. The first-order chi connectivity index (χ1) is 8.08. The third kappa shape index (κ3) is 2.38. The minimum atomic E-state index is -1.03. The number of nitrogens with one attached hydrogen (secondary N) is 2. The molecule has 90 valence electrons. The topological polar surface area (TPSA) is 78.4 Å². The van der Waals surface area contributed by atoms with Crippen LogP contribution in [0.4, 0.5) is 5.69 Å². The summed E-state index contributed by atoms with van der Waals surface area (Å²) in [5, 5.41) is 14.2. The molecule has 2 rings (SSSR count). The van der Waals surface area contributed by atoms with Gasteiger partial charge in [0.1, 0.15) is 12.1 Å². The first kappa shape index (κ1) is 11.4. The smallest absolute Gasteiger partial charge is 0.325 e. The number of rotatable bonds is 3. The van der Waals surface area contributed by atoms with Crippen LogP contribution in [0, 0.1) is 0 Å². The Morgan fingerprint density at radius 1 is 1.47 bits per heavy atom. The van der Waals surface area contributed by atoms with Crippen LogP contribution >= 0.6 is 0 Å². The Kier molecular flexibility index (Phi) is 2.99. The number of benzene rings is 1. The molecule has 1 aromatic rings. The molecule has 5 heteroatoms. The lowest BCUT2D eigenvalue weighted by molar-refractivity contribution is -0.141. The second kappa shape index (κ2) is 4.45. The minimum Gasteiger partial charge on any atom is -0.480 e. The summed E-state index contributed by atoms with van der Waals surface area (Å²) < 4.78 is 0. The highest BCUT2D eigenvalue weighted by Crippen LogP contribution is 2.25. The summed E-state index contributed by atoms with van der Waals surface area (Å²) in [6, 6.07) is 6.42. The Morgan fingerprint density at radius 2 is 2.18 bits per heavy atom. The molecule has 1 aromatic carbocycles. The number of fused-ring (bicyclic) bond motifs is 1. The van der Waals surface area contributed by atoms with Crippen molar-refractivity contribution in [2.45, 2.75) is 25.4 Å². The molecule has 0 spiro atoms. The van der Waals surface area contributed by atoms with Gasteiger partial charge in [-0.05, 0) is 18.6 Å². The van der Waals surface area contributed by atoms with Gasteiger partial charge in [0.2, 0.25) is 5.91 Å². The third-order valence-corrected chi connectivity index (χ3v) is 2.82. The second-order valence-electron chi connectivity index (χ2n) is 4.13. The highest BCUT2D eigenvalue weighted by Gasteiger charge is 2.28. The molecule has 0 radical (unpaired) electrons. The number of carboxylic acid groups (broad SMARTS) is 1. The van der Waals surface area contributed by atoms with Crippen molar-refractivity contribution in [3.63, 3.8) is 0 Å². The number of hydrogen-bond donors (Lipinski definition) is 3. The van der Waals surface area contributed by atoms with Gasteiger partial charge in [0.15, 0.2) is 0 Å². The van der Waals surface area contributed by atoms with Crippen LogP contribution in [0.15, 0.2) is 24.3 Å². The Bertz CT molecular complexity index is 434. The standard InChI is InChI=1S/C12H14N2O3/c1-7(12(16)17)13-11(15)10-6-8-4-2-3-5-9(8)14-10/h2-5,7,10,14H,6H2,1H3,(H,13,15)(H,16,17)/t7-,10+/m1/s1. The lowest BCUT2D eigenvalue weighted by Gasteiger charge is -2.14. The summed E-state index contributed by atoms with van der Waals surface area (Å²) in [4.78, 5) is 22.4. The Hall–Kier alpha value is -2.04. The van der Waals surface area contributed by atoms with Crippen molar-refractivity contribution in [2.75, 3.05) is 5.32 Å². The molecule has 1 aliphatic rings. The fourth-order valence-corrected chi connectivity index (χ4v) is 1.83. The van der Waals surface area contributed by atoms with Crippen molar-refractivity contribution < 1.29 is 14.7 Å². The largest absolute Gasteiger partial charge is 0.480 e. The molecular formula is C12H14N2O3. The molecule has 2 atom stereocenters. The second-order valence-corrected chi connectivity index (χ2v) is 4.13. The number of aliphatic carboxylic acids is 1. The number of carboxylic acids is 1. The molecule has 5 nitrogen and oxygen atoms in total. The molecule has 1 heterocycles. The highest BCUT2D eigenvalue weighted by atomic mass is 16.4. The van der Waals surface area contributed by atoms with Gasteiger partial charge in [-0.3, -0.25) is 9.59 Å². The van der Waals surface area contributed by atoms with Crippen LogP contribution in [0.5, 0.6) is 0 Å². The van der Waals surface area contributed by atoms with Gasteiger partial charge in [-0.2, -0.15) is 0 Å². The predicted molar refractivity (Wildman–Crippen MR) is 62.8 cm³/mol. The number of anilines is 1. The molecule has 1 aliphatic heterocycles. The fraction of sp³-hybridized carbons (Fsp3) is 0.333. The van der Waals surface area contributed by atoms with Crippen LogP contribution in [0.2, 0.25) is 0 Å². The Morgan fingerprint density at radius 3 is 2.82 bits per heavy atom. The van der Waals surface area contributed by atoms with E-state index in [1.54, 1.807) is 0 Å². The van der Waals surface area contributed by atoms with E-state index in [-0.39, 0.29) is 11.9 Å². The van der Waals surface area contributed by atoms with Gasteiger partial charge in [0.25, 0.3) is 0 Å². The van der Waals surface area contributed by atoms with E-state index in [1.807, 2.05) is 24.3 Å². The Balaban J connectivity index is 1.99. The first-order valence-electron chi connectivity index (χ1n) is 5.45. The molecule has 0 unspecified atom stereocenters. The van der Waals surface area contributed by atoms with Gasteiger partial charge >= 0.3 is 5.97 Å². The summed E-state index contributed by atoms with van der Waals surface area (Å²) in [6.07, 6.45) is 0.592. The van der Waals surface area contributed by atoms with Gasteiger partial charge in [0, 0.05) is 12.1 Å². The van der Waals surface area contributed by atoms with Crippen LogP contribution in [-0.2, 0) is 16.0 Å². The summed E-state index contributed by atoms with van der Waals surface area (Å²) in [5.74, 6) is -1.31. The van der Waals surface area contributed by atoms with Crippen LogP contribution in [0.3, 0.4) is 0 Å². The van der Waals surface area contributed by atoms with E-state index in [9.17, 15) is 9.59 Å². The van der Waals surface area contributed by atoms with E-state index < -0.39 is 12.0 Å². The molecule has 0 aliphatic carbocycles. The van der Waals surface area contributed by atoms with Gasteiger partial charge in [-0.1, -0.05) is 18.2 Å². The fourth-order valence-electron chi connectivity index (χ4n) is 1.83. The normalized spacial score (nSPS) is 19.0. The number of carbonyl (C=O) groups excluding carboxylic acids is 1. The molecule has 3 N–H and O–H groups in total. The van der Waals surface area contributed by atoms with E-state index in [4.69, 9.17) is 5.11 Å². The summed E-state index contributed by atoms with van der Waals surface area (Å²) in [6.45, 7) is 1.45. The van der Waals surface area contributed by atoms with Gasteiger partial charge in [-0.25, -0.2) is 0 Å². The molecular weight excluding hydrogens is 220 g/mol. The number of carbonyl (C=O) groups is 2. The molecule has 0 bridgehead atoms. The van der Waals surface area contributed by atoms with E-state index in [1.165, 1.54) is 6.92 Å². The average molecular weight is 234 g/mol. The number of amides is 1. The van der Waals surface area contributed by atoms with Crippen LogP contribution < -0.4 is 10.6 Å². The van der Waals surface area contributed by atoms with Crippen molar-refractivity contribution >= 4 is 17.6 Å². The van der Waals surface area contributed by atoms with Gasteiger partial charge in [-0.15, -0.1) is 0 Å². The quantitative estimate of drug-likeness (QED) is 0.716. The van der Waals surface area contributed by atoms with Crippen molar-refractivity contribution in [2.24, 2.45) is 0 Å². The number of hydrogen-bond acceptors (Lipinski definition) is 3. The van der Waals surface area contributed by atoms with Gasteiger partial charge in [0.05, 0.1) is 0 Å². The zero-order valence-electron chi connectivity index (χ0n) is 9.43. The Labute approximate surface area is 98.8 Å². The molecule has 0 aromatic heterocycles. The lowest BCUT2D eigenvalue weighted by atomic mass is 10.1. The maximum Gasteiger partial charge on any atom is 0.325 e. The predicted octanol–water partition coefficient (Wildman–Crippen LogP) is 0.612. The maximum absolute atomic E-state index is 11.8. The summed E-state index contributed by atoms with van der Waals surface area (Å²) >= 11 is 0. The van der Waals surface area contributed by atoms with Crippen molar-refractivity contribution in [1.82, 2.24) is 5.32 Å². The van der Waals surface area contributed by atoms with E-state index in [0.29, 0.717) is 6.42 Å². The molecule has 0 fully saturated rings. The zero-order chi connectivity index (χ0) is 12.4. The molecule has 0 saturated carbocycles. The highest BCUT2D eigenvalue weighted by molar-refractivity contribution is 5.90. The van der Waals surface area contributed by atoms with E-state index in [0.717, 1.165) is 11.3 Å². The zero-order valence-corrected chi connectivity index (χ0v) is 9.43. The number of para-hydroxylation sites is 1. The molecule has 1 amide bonds. The minimum absolute atomic E-state index is 0.281.